The van der Waals surface area contributed by atoms with E-state index in [1.165, 1.54) is 29.4 Å². The number of benzene rings is 2. The second kappa shape index (κ2) is 9.45. The summed E-state index contributed by atoms with van der Waals surface area (Å²) in [5.41, 5.74) is 3.61. The fraction of sp³-hybridized carbons (Fsp3) is 0.391. The van der Waals surface area contributed by atoms with Crippen molar-refractivity contribution in [2.75, 3.05) is 56.7 Å². The summed E-state index contributed by atoms with van der Waals surface area (Å²) in [7, 11) is 2.08. The third-order valence-corrected chi connectivity index (χ3v) is 5.89. The summed E-state index contributed by atoms with van der Waals surface area (Å²) in [6.45, 7) is 4.03. The van der Waals surface area contributed by atoms with Gasteiger partial charge in [-0.15, -0.1) is 0 Å². The van der Waals surface area contributed by atoms with Crippen molar-refractivity contribution in [3.05, 3.63) is 59.4 Å². The maximum absolute atomic E-state index is 13.8. The first-order valence-electron chi connectivity index (χ1n) is 10.5. The lowest BCUT2D eigenvalue weighted by molar-refractivity contribution is -0.136. The van der Waals surface area contributed by atoms with Crippen LogP contribution in [0.3, 0.4) is 0 Å². The molecule has 1 saturated heterocycles. The van der Waals surface area contributed by atoms with E-state index in [4.69, 9.17) is 4.74 Å². The molecule has 0 bridgehead atoms. The largest absolute Gasteiger partial charge is 0.379 e. The molecule has 2 aliphatic heterocycles. The Morgan fingerprint density at radius 3 is 2.65 bits per heavy atom. The second-order valence-electron chi connectivity index (χ2n) is 7.87. The average Bonchev–Trinajstić information content (AvgIpc) is 3.16. The number of fused-ring (bicyclic) bond motifs is 1. The molecule has 4 rings (SSSR count). The molecule has 0 radical (unpaired) electrons. The van der Waals surface area contributed by atoms with Crippen LogP contribution in [0, 0.1) is 5.82 Å². The number of ether oxygens (including phenoxy) is 1. The van der Waals surface area contributed by atoms with Crippen molar-refractivity contribution in [2.24, 2.45) is 0 Å². The Hall–Kier alpha value is -2.97. The molecule has 0 saturated carbocycles. The smallest absolute Gasteiger partial charge is 0.313 e. The van der Waals surface area contributed by atoms with Crippen LogP contribution in [0.1, 0.15) is 17.2 Å². The number of anilines is 2. The minimum atomic E-state index is -0.888. The second-order valence-corrected chi connectivity index (χ2v) is 7.87. The van der Waals surface area contributed by atoms with E-state index in [9.17, 15) is 14.0 Å². The molecule has 2 aromatic rings. The van der Waals surface area contributed by atoms with Gasteiger partial charge in [0.15, 0.2) is 0 Å². The van der Waals surface area contributed by atoms with Gasteiger partial charge in [0, 0.05) is 38.9 Å². The number of amides is 2. The van der Waals surface area contributed by atoms with Crippen molar-refractivity contribution < 1.29 is 18.7 Å². The molecule has 0 unspecified atom stereocenters. The summed E-state index contributed by atoms with van der Waals surface area (Å²) in [5, 5.41) is 5.05. The molecule has 2 aliphatic rings. The number of morpholine rings is 1. The first-order valence-corrected chi connectivity index (χ1v) is 10.5. The Morgan fingerprint density at radius 1 is 1.10 bits per heavy atom. The number of carbonyl (C=O) groups excluding carboxylic acids is 2. The molecule has 31 heavy (non-hydrogen) atoms. The zero-order chi connectivity index (χ0) is 21.8. The molecule has 0 aliphatic carbocycles. The number of rotatable bonds is 5. The van der Waals surface area contributed by atoms with Crippen molar-refractivity contribution in [3.63, 3.8) is 0 Å². The van der Waals surface area contributed by atoms with Gasteiger partial charge in [-0.05, 0) is 35.7 Å². The fourth-order valence-electron chi connectivity index (χ4n) is 4.15. The van der Waals surface area contributed by atoms with Crippen LogP contribution in [0.25, 0.3) is 0 Å². The monoisotopic (exact) mass is 426 g/mol. The summed E-state index contributed by atoms with van der Waals surface area (Å²) in [6.07, 6.45) is 0.993. The van der Waals surface area contributed by atoms with E-state index in [1.54, 1.807) is 6.07 Å². The molecule has 2 N–H and O–H groups in total. The third kappa shape index (κ3) is 4.86. The molecule has 0 spiro atoms. The van der Waals surface area contributed by atoms with Gasteiger partial charge in [-0.3, -0.25) is 14.5 Å². The highest BCUT2D eigenvalue weighted by molar-refractivity contribution is 6.39. The number of nitrogens with zero attached hydrogens (tertiary/aromatic N) is 2. The zero-order valence-electron chi connectivity index (χ0n) is 17.6. The summed E-state index contributed by atoms with van der Waals surface area (Å²) in [5.74, 6) is -2.26. The molecule has 7 nitrogen and oxygen atoms in total. The normalized spacial score (nSPS) is 17.2. The highest BCUT2D eigenvalue weighted by Gasteiger charge is 2.26. The molecular weight excluding hydrogens is 399 g/mol. The lowest BCUT2D eigenvalue weighted by Crippen LogP contribution is -2.45. The molecule has 2 amide bonds. The van der Waals surface area contributed by atoms with Crippen molar-refractivity contribution in [2.45, 2.75) is 12.5 Å². The van der Waals surface area contributed by atoms with Gasteiger partial charge in [-0.1, -0.05) is 24.3 Å². The molecule has 2 aromatic carbocycles. The lowest BCUT2D eigenvalue weighted by atomic mass is 10.0. The Bertz CT molecular complexity index is 962. The van der Waals surface area contributed by atoms with Crippen LogP contribution < -0.4 is 15.5 Å². The maximum atomic E-state index is 13.8. The first kappa shape index (κ1) is 21.3. The third-order valence-electron chi connectivity index (χ3n) is 5.89. The summed E-state index contributed by atoms with van der Waals surface area (Å²) in [4.78, 5) is 29.2. The quantitative estimate of drug-likeness (QED) is 0.715. The predicted octanol–water partition coefficient (Wildman–Crippen LogP) is 1.95. The molecular formula is C23H27FN4O3. The summed E-state index contributed by atoms with van der Waals surface area (Å²) >= 11 is 0. The van der Waals surface area contributed by atoms with E-state index in [0.29, 0.717) is 13.2 Å². The van der Waals surface area contributed by atoms with Gasteiger partial charge in [0.1, 0.15) is 5.82 Å². The maximum Gasteiger partial charge on any atom is 0.313 e. The zero-order valence-corrected chi connectivity index (χ0v) is 17.6. The number of para-hydroxylation sites is 1. The van der Waals surface area contributed by atoms with Crippen molar-refractivity contribution in [1.82, 2.24) is 10.2 Å². The number of carbonyl (C=O) groups is 2. The van der Waals surface area contributed by atoms with Crippen molar-refractivity contribution >= 4 is 23.2 Å². The summed E-state index contributed by atoms with van der Waals surface area (Å²) in [6, 6.07) is 12.1. The molecule has 1 fully saturated rings. The van der Waals surface area contributed by atoms with Crippen molar-refractivity contribution in [3.8, 4) is 0 Å². The fourth-order valence-corrected chi connectivity index (χ4v) is 4.15. The number of halogens is 1. The van der Waals surface area contributed by atoms with Crippen LogP contribution in [-0.4, -0.2) is 63.2 Å². The van der Waals surface area contributed by atoms with Crippen LogP contribution in [0.5, 0.6) is 0 Å². The van der Waals surface area contributed by atoms with Gasteiger partial charge in [-0.2, -0.15) is 0 Å². The van der Waals surface area contributed by atoms with Gasteiger partial charge >= 0.3 is 11.8 Å². The van der Waals surface area contributed by atoms with E-state index < -0.39 is 17.6 Å². The minimum Gasteiger partial charge on any atom is -0.379 e. The Labute approximate surface area is 181 Å². The Kier molecular flexibility index (Phi) is 6.48. The molecule has 164 valence electrons. The summed E-state index contributed by atoms with van der Waals surface area (Å²) < 4.78 is 19.2. The Morgan fingerprint density at radius 2 is 1.87 bits per heavy atom. The van der Waals surface area contributed by atoms with E-state index in [-0.39, 0.29) is 18.3 Å². The molecule has 2 heterocycles. The Balaban J connectivity index is 1.46. The average molecular weight is 426 g/mol. The van der Waals surface area contributed by atoms with E-state index in [0.717, 1.165) is 31.6 Å². The number of likely N-dealkylation sites (N-methyl/N-ethyl adjacent to an activating group) is 1. The van der Waals surface area contributed by atoms with Gasteiger partial charge in [0.05, 0.1) is 24.9 Å². The number of hydrogen-bond donors (Lipinski definition) is 2. The number of hydrogen-bond acceptors (Lipinski definition) is 5. The highest BCUT2D eigenvalue weighted by Crippen LogP contribution is 2.31. The van der Waals surface area contributed by atoms with E-state index in [1.807, 2.05) is 0 Å². The van der Waals surface area contributed by atoms with E-state index in [2.05, 4.69) is 45.7 Å². The van der Waals surface area contributed by atoms with Crippen LogP contribution in [0.4, 0.5) is 15.8 Å². The van der Waals surface area contributed by atoms with Gasteiger partial charge in [0.2, 0.25) is 0 Å². The van der Waals surface area contributed by atoms with Gasteiger partial charge in [0.25, 0.3) is 0 Å². The molecule has 8 heteroatoms. The van der Waals surface area contributed by atoms with Crippen LogP contribution in [0.15, 0.2) is 42.5 Å². The molecule has 1 atom stereocenters. The van der Waals surface area contributed by atoms with E-state index >= 15 is 0 Å². The minimum absolute atomic E-state index is 0.0184. The van der Waals surface area contributed by atoms with Crippen LogP contribution in [-0.2, 0) is 20.7 Å². The van der Waals surface area contributed by atoms with Crippen LogP contribution >= 0.6 is 0 Å². The first-order chi connectivity index (χ1) is 15.0. The lowest BCUT2D eigenvalue weighted by Gasteiger charge is -2.35. The molecule has 0 aromatic heterocycles. The predicted molar refractivity (Wildman–Crippen MR) is 117 cm³/mol. The highest BCUT2D eigenvalue weighted by atomic mass is 19.1. The van der Waals surface area contributed by atoms with Crippen molar-refractivity contribution in [1.29, 1.82) is 0 Å². The SMILES string of the molecule is CN1CCc2cc([C@H](CNC(=O)C(=O)Nc3ccccc3F)N3CCOCC3)ccc21. The van der Waals surface area contributed by atoms with Gasteiger partial charge in [-0.25, -0.2) is 4.39 Å². The van der Waals surface area contributed by atoms with Crippen LogP contribution in [0.2, 0.25) is 0 Å². The standard InChI is InChI=1S/C23H27FN4O3/c1-27-9-8-17-14-16(6-7-20(17)27)21(28-10-12-31-13-11-28)15-25-22(29)23(30)26-19-5-3-2-4-18(19)24/h2-7,14,21H,8-13,15H2,1H3,(H,25,29)(H,26,30)/t21-/m0/s1. The topological polar surface area (TPSA) is 73.9 Å². The van der Waals surface area contributed by atoms with Gasteiger partial charge < -0.3 is 20.3 Å². The number of nitrogens with one attached hydrogen (secondary N) is 2.